The van der Waals surface area contributed by atoms with E-state index in [9.17, 15) is 18.7 Å². The number of anilines is 2. The number of amides is 1. The van der Waals surface area contributed by atoms with Gasteiger partial charge in [-0.1, -0.05) is 17.7 Å². The predicted octanol–water partition coefficient (Wildman–Crippen LogP) is 4.75. The maximum absolute atomic E-state index is 13.7. The Labute approximate surface area is 221 Å². The summed E-state index contributed by atoms with van der Waals surface area (Å²) in [7, 11) is 0. The zero-order valence-electron chi connectivity index (χ0n) is 20.4. The van der Waals surface area contributed by atoms with Gasteiger partial charge in [0.05, 0.1) is 16.3 Å². The average Bonchev–Trinajstić information content (AvgIpc) is 3.45. The number of nitrogens with one attached hydrogen (secondary N) is 1. The lowest BCUT2D eigenvalue weighted by atomic mass is 9.77. The highest BCUT2D eigenvalue weighted by Gasteiger charge is 2.48. The number of carbonyl (C=O) groups excluding carboxylic acids is 1. The number of imidazole rings is 1. The van der Waals surface area contributed by atoms with Gasteiger partial charge in [-0.2, -0.15) is 0 Å². The van der Waals surface area contributed by atoms with E-state index in [1.807, 2.05) is 0 Å². The summed E-state index contributed by atoms with van der Waals surface area (Å²) in [5.74, 6) is -2.53. The fraction of sp³-hybridized carbons (Fsp3) is 0.346. The van der Waals surface area contributed by atoms with Gasteiger partial charge >= 0.3 is 0 Å². The molecule has 9 nitrogen and oxygen atoms in total. The van der Waals surface area contributed by atoms with E-state index >= 15 is 0 Å². The Bertz CT molecular complexity index is 1600. The first-order valence-electron chi connectivity index (χ1n) is 12.2. The Balaban J connectivity index is 1.39. The molecule has 0 radical (unpaired) electrons. The van der Waals surface area contributed by atoms with Gasteiger partial charge in [0.25, 0.3) is 0 Å². The molecule has 38 heavy (non-hydrogen) atoms. The summed E-state index contributed by atoms with van der Waals surface area (Å²) >= 11 is 5.96. The van der Waals surface area contributed by atoms with Gasteiger partial charge in [0.1, 0.15) is 28.5 Å². The molecule has 196 valence electrons. The van der Waals surface area contributed by atoms with E-state index in [-0.39, 0.29) is 52.9 Å². The molecule has 1 aliphatic heterocycles. The smallest absolute Gasteiger partial charge is 0.248 e. The lowest BCUT2D eigenvalue weighted by molar-refractivity contribution is -0.119. The van der Waals surface area contributed by atoms with Crippen LogP contribution in [0.15, 0.2) is 36.8 Å². The second kappa shape index (κ2) is 8.59. The van der Waals surface area contributed by atoms with Crippen LogP contribution in [-0.4, -0.2) is 41.3 Å². The zero-order chi connectivity index (χ0) is 26.8. The van der Waals surface area contributed by atoms with Crippen molar-refractivity contribution in [2.75, 3.05) is 11.1 Å². The van der Waals surface area contributed by atoms with E-state index < -0.39 is 11.3 Å². The van der Waals surface area contributed by atoms with Crippen LogP contribution in [0.1, 0.15) is 49.4 Å². The molecule has 1 aliphatic carbocycles. The Hall–Kier alpha value is -3.86. The van der Waals surface area contributed by atoms with E-state index in [0.29, 0.717) is 47.4 Å². The first-order chi connectivity index (χ1) is 18.0. The van der Waals surface area contributed by atoms with Crippen LogP contribution >= 0.6 is 11.6 Å². The molecule has 0 bridgehead atoms. The van der Waals surface area contributed by atoms with E-state index in [0.717, 1.165) is 0 Å². The van der Waals surface area contributed by atoms with Crippen LogP contribution in [0.2, 0.25) is 5.02 Å². The maximum Gasteiger partial charge on any atom is 0.248 e. The molecule has 1 amide bonds. The van der Waals surface area contributed by atoms with E-state index in [1.54, 1.807) is 36.0 Å². The summed E-state index contributed by atoms with van der Waals surface area (Å²) in [6.45, 7) is 1.68. The van der Waals surface area contributed by atoms with Crippen LogP contribution < -0.4 is 11.1 Å². The molecule has 1 saturated carbocycles. The van der Waals surface area contributed by atoms with Crippen LogP contribution in [0.4, 0.5) is 20.4 Å². The van der Waals surface area contributed by atoms with Gasteiger partial charge < -0.3 is 20.6 Å². The Morgan fingerprint density at radius 2 is 2.00 bits per heavy atom. The molecule has 6 rings (SSSR count). The molecular weight excluding hydrogens is 516 g/mol. The lowest BCUT2D eigenvalue weighted by Gasteiger charge is -2.28. The third-order valence-corrected chi connectivity index (χ3v) is 7.96. The Kier molecular flexibility index (Phi) is 5.53. The highest BCUT2D eigenvalue weighted by molar-refractivity contribution is 6.32. The number of carbonyl (C=O) groups is 1. The summed E-state index contributed by atoms with van der Waals surface area (Å²) in [6, 6.07) is 4.58. The third-order valence-electron chi connectivity index (χ3n) is 7.64. The van der Waals surface area contributed by atoms with Crippen molar-refractivity contribution in [2.24, 2.45) is 5.92 Å². The van der Waals surface area contributed by atoms with Gasteiger partial charge in [-0.15, -0.1) is 0 Å². The second-order valence-electron chi connectivity index (χ2n) is 10.1. The number of rotatable bonds is 4. The minimum Gasteiger partial charge on any atom is -0.506 e. The van der Waals surface area contributed by atoms with Crippen LogP contribution in [0.3, 0.4) is 0 Å². The molecular formula is C26H24ClF2N7O2. The highest BCUT2D eigenvalue weighted by Crippen LogP contribution is 2.46. The fourth-order valence-corrected chi connectivity index (χ4v) is 5.56. The van der Waals surface area contributed by atoms with Crippen LogP contribution in [0.25, 0.3) is 17.2 Å². The quantitative estimate of drug-likeness (QED) is 0.341. The van der Waals surface area contributed by atoms with Crippen molar-refractivity contribution in [3.63, 3.8) is 0 Å². The van der Waals surface area contributed by atoms with Crippen molar-refractivity contribution in [1.29, 1.82) is 0 Å². The standard InChI is InChI=1S/C26H24ClF2N7O2/c1-25(14-2-3-15(27)18(37)11-14)19-20(30)33-21(34-22(19)35-24(25)38)17-12-36-9-8-31-23(36)16(32-17)10-13-4-6-26(28,29)7-5-13/h2-3,8-9,11-13,37H,4-7,10H2,1H3,(H3,30,33,34,35,38)/t25-/m0/s1. The number of hydrogen-bond acceptors (Lipinski definition) is 7. The summed E-state index contributed by atoms with van der Waals surface area (Å²) in [5.41, 5.74) is 7.74. The molecule has 4 heterocycles. The number of nitrogens with two attached hydrogens (primary N) is 1. The summed E-state index contributed by atoms with van der Waals surface area (Å²) in [5, 5.41) is 13.1. The number of benzene rings is 1. The normalized spacial score (nSPS) is 21.0. The molecule has 0 unspecified atom stereocenters. The van der Waals surface area contributed by atoms with E-state index in [4.69, 9.17) is 22.3 Å². The average molecular weight is 540 g/mol. The first kappa shape index (κ1) is 24.5. The number of halogens is 3. The van der Waals surface area contributed by atoms with Crippen molar-refractivity contribution < 1.29 is 18.7 Å². The molecule has 2 aliphatic rings. The number of phenols is 1. The molecule has 4 N–H and O–H groups in total. The number of phenolic OH excluding ortho intramolecular Hbond substituents is 1. The summed E-state index contributed by atoms with van der Waals surface area (Å²) < 4.78 is 29.1. The highest BCUT2D eigenvalue weighted by atomic mass is 35.5. The largest absolute Gasteiger partial charge is 0.506 e. The Morgan fingerprint density at radius 3 is 2.74 bits per heavy atom. The number of nitrogen functional groups attached to an aromatic ring is 1. The van der Waals surface area contributed by atoms with Gasteiger partial charge in [-0.25, -0.2) is 28.7 Å². The van der Waals surface area contributed by atoms with E-state index in [1.165, 1.54) is 12.1 Å². The van der Waals surface area contributed by atoms with Gasteiger partial charge in [0, 0.05) is 31.4 Å². The number of alkyl halides is 2. The van der Waals surface area contributed by atoms with Crippen molar-refractivity contribution in [3.8, 4) is 17.3 Å². The molecule has 3 aromatic heterocycles. The molecule has 1 aromatic carbocycles. The molecule has 0 saturated heterocycles. The SMILES string of the molecule is C[C@@]1(c2ccc(Cl)c(O)c2)C(=O)Nc2nc(-c3cn4ccnc4c(CC4CCC(F)(F)CC4)n3)nc(N)c21. The Morgan fingerprint density at radius 1 is 1.24 bits per heavy atom. The first-order valence-corrected chi connectivity index (χ1v) is 12.6. The molecule has 1 atom stereocenters. The molecule has 0 spiro atoms. The van der Waals surface area contributed by atoms with Crippen LogP contribution in [-0.2, 0) is 16.6 Å². The van der Waals surface area contributed by atoms with Crippen molar-refractivity contribution in [2.45, 2.75) is 50.4 Å². The third kappa shape index (κ3) is 3.92. The number of fused-ring (bicyclic) bond motifs is 2. The fourth-order valence-electron chi connectivity index (χ4n) is 5.44. The second-order valence-corrected chi connectivity index (χ2v) is 10.5. The molecule has 12 heteroatoms. The van der Waals surface area contributed by atoms with Crippen molar-refractivity contribution >= 4 is 34.8 Å². The van der Waals surface area contributed by atoms with Gasteiger partial charge in [0.2, 0.25) is 11.8 Å². The lowest BCUT2D eigenvalue weighted by Crippen LogP contribution is -2.32. The maximum atomic E-state index is 13.7. The number of aromatic nitrogens is 5. The van der Waals surface area contributed by atoms with Gasteiger partial charge in [-0.05, 0) is 49.8 Å². The summed E-state index contributed by atoms with van der Waals surface area (Å²) in [4.78, 5) is 31.4. The topological polar surface area (TPSA) is 131 Å². The van der Waals surface area contributed by atoms with Gasteiger partial charge in [0.15, 0.2) is 11.5 Å². The monoisotopic (exact) mass is 539 g/mol. The zero-order valence-corrected chi connectivity index (χ0v) is 21.1. The van der Waals surface area contributed by atoms with E-state index in [2.05, 4.69) is 20.3 Å². The van der Waals surface area contributed by atoms with Gasteiger partial charge in [-0.3, -0.25) is 4.79 Å². The van der Waals surface area contributed by atoms with Crippen molar-refractivity contribution in [3.05, 3.63) is 58.6 Å². The number of nitrogens with zero attached hydrogens (tertiary/aromatic N) is 5. The number of hydrogen-bond donors (Lipinski definition) is 3. The number of aromatic hydroxyl groups is 1. The minimum absolute atomic E-state index is 0.0691. The van der Waals surface area contributed by atoms with Crippen LogP contribution in [0, 0.1) is 5.92 Å². The van der Waals surface area contributed by atoms with Crippen molar-refractivity contribution in [1.82, 2.24) is 24.3 Å². The molecule has 1 fully saturated rings. The van der Waals surface area contributed by atoms with Crippen LogP contribution in [0.5, 0.6) is 5.75 Å². The minimum atomic E-state index is -2.60. The summed E-state index contributed by atoms with van der Waals surface area (Å²) in [6.07, 6.45) is 6.20. The predicted molar refractivity (Wildman–Crippen MR) is 137 cm³/mol. The molecule has 4 aromatic rings.